The zero-order chi connectivity index (χ0) is 20.9. The van der Waals surface area contributed by atoms with Crippen LogP contribution >= 0.6 is 0 Å². The number of alkyl carbamates (subject to hydrolysis) is 1. The fraction of sp³-hybridized carbons (Fsp3) is 0.154. The van der Waals surface area contributed by atoms with Crippen molar-refractivity contribution in [3.05, 3.63) is 101 Å². The van der Waals surface area contributed by atoms with E-state index < -0.39 is 6.09 Å². The Morgan fingerprint density at radius 2 is 1.70 bits per heavy atom. The predicted octanol–water partition coefficient (Wildman–Crippen LogP) is 5.42. The minimum absolute atomic E-state index is 0.0452. The Labute approximate surface area is 176 Å². The van der Waals surface area contributed by atoms with Gasteiger partial charge in [0.25, 0.3) is 0 Å². The van der Waals surface area contributed by atoms with E-state index in [0.717, 1.165) is 11.1 Å². The molecule has 0 aromatic heterocycles. The zero-order valence-corrected chi connectivity index (χ0v) is 16.8. The molecule has 3 aromatic carbocycles. The number of benzene rings is 3. The number of carbonyl (C=O) groups excluding carboxylic acids is 1. The van der Waals surface area contributed by atoms with Gasteiger partial charge in [-0.1, -0.05) is 72.8 Å². The summed E-state index contributed by atoms with van der Waals surface area (Å²) in [5.74, 6) is 0.0452. The highest BCUT2D eigenvalue weighted by Gasteiger charge is 2.28. The van der Waals surface area contributed by atoms with Gasteiger partial charge in [-0.05, 0) is 46.4 Å². The molecule has 0 heterocycles. The van der Waals surface area contributed by atoms with E-state index in [2.05, 4.69) is 35.7 Å². The van der Waals surface area contributed by atoms with E-state index in [0.29, 0.717) is 18.7 Å². The maximum Gasteiger partial charge on any atom is 0.407 e. The molecule has 0 aliphatic heterocycles. The smallest absolute Gasteiger partial charge is 0.407 e. The van der Waals surface area contributed by atoms with Gasteiger partial charge in [-0.15, -0.1) is 0 Å². The number of nitriles is 1. The van der Waals surface area contributed by atoms with Gasteiger partial charge in [0.1, 0.15) is 6.61 Å². The monoisotopic (exact) mass is 394 g/mol. The molecule has 0 bridgehead atoms. The van der Waals surface area contributed by atoms with Crippen LogP contribution in [0.2, 0.25) is 0 Å². The van der Waals surface area contributed by atoms with E-state index in [-0.39, 0.29) is 5.92 Å². The summed E-state index contributed by atoms with van der Waals surface area (Å²) in [5, 5.41) is 12.0. The number of hydrogen-bond donors (Lipinski definition) is 1. The quantitative estimate of drug-likeness (QED) is 0.629. The Morgan fingerprint density at radius 3 is 2.37 bits per heavy atom. The summed E-state index contributed by atoms with van der Waals surface area (Å²) in [6, 6.07) is 24.3. The lowest BCUT2D eigenvalue weighted by Crippen LogP contribution is -2.26. The number of ether oxygens (including phenoxy) is 1. The number of nitrogens with zero attached hydrogens (tertiary/aromatic N) is 1. The molecule has 0 fully saturated rings. The number of carbonyl (C=O) groups is 1. The summed E-state index contributed by atoms with van der Waals surface area (Å²) in [7, 11) is 0. The fourth-order valence-corrected chi connectivity index (χ4v) is 3.97. The first-order valence-electron chi connectivity index (χ1n) is 9.94. The Balaban J connectivity index is 1.36. The van der Waals surface area contributed by atoms with Gasteiger partial charge in [0, 0.05) is 12.5 Å². The summed E-state index contributed by atoms with van der Waals surface area (Å²) in [4.78, 5) is 12.2. The zero-order valence-electron chi connectivity index (χ0n) is 16.8. The van der Waals surface area contributed by atoms with Crippen LogP contribution in [-0.2, 0) is 4.74 Å². The maximum absolute atomic E-state index is 12.2. The van der Waals surface area contributed by atoms with E-state index in [4.69, 9.17) is 4.74 Å². The van der Waals surface area contributed by atoms with Crippen LogP contribution in [0.15, 0.2) is 72.8 Å². The molecule has 1 aliphatic carbocycles. The number of rotatable bonds is 5. The largest absolute Gasteiger partial charge is 0.449 e. The van der Waals surface area contributed by atoms with Crippen molar-refractivity contribution in [3.8, 4) is 17.2 Å². The summed E-state index contributed by atoms with van der Waals surface area (Å²) in [6.45, 7) is 2.58. The van der Waals surface area contributed by atoms with Crippen LogP contribution in [-0.4, -0.2) is 19.2 Å². The van der Waals surface area contributed by atoms with Crippen molar-refractivity contribution in [2.45, 2.75) is 12.8 Å². The van der Waals surface area contributed by atoms with Crippen molar-refractivity contribution in [3.63, 3.8) is 0 Å². The lowest BCUT2D eigenvalue weighted by molar-refractivity contribution is 0.144. The third-order valence-electron chi connectivity index (χ3n) is 5.44. The predicted molar refractivity (Wildman–Crippen MR) is 118 cm³/mol. The number of amides is 1. The van der Waals surface area contributed by atoms with Crippen molar-refractivity contribution in [2.75, 3.05) is 13.2 Å². The van der Waals surface area contributed by atoms with Crippen LogP contribution in [0.5, 0.6) is 0 Å². The molecule has 30 heavy (non-hydrogen) atoms. The van der Waals surface area contributed by atoms with E-state index >= 15 is 0 Å². The van der Waals surface area contributed by atoms with Gasteiger partial charge in [0.2, 0.25) is 0 Å². The number of hydrogen-bond acceptors (Lipinski definition) is 3. The molecule has 0 saturated heterocycles. The Hall–Kier alpha value is -3.84. The Kier molecular flexibility index (Phi) is 5.63. The summed E-state index contributed by atoms with van der Waals surface area (Å²) < 4.78 is 5.52. The average molecular weight is 394 g/mol. The minimum Gasteiger partial charge on any atom is -0.449 e. The summed E-state index contributed by atoms with van der Waals surface area (Å²) >= 11 is 0. The van der Waals surface area contributed by atoms with Crippen molar-refractivity contribution in [1.29, 1.82) is 5.26 Å². The maximum atomic E-state index is 12.2. The highest BCUT2D eigenvalue weighted by Crippen LogP contribution is 2.44. The molecule has 4 nitrogen and oxygen atoms in total. The molecule has 0 radical (unpaired) electrons. The van der Waals surface area contributed by atoms with Gasteiger partial charge >= 0.3 is 6.09 Å². The lowest BCUT2D eigenvalue weighted by Gasteiger charge is -2.14. The van der Waals surface area contributed by atoms with E-state index in [1.165, 1.54) is 22.3 Å². The van der Waals surface area contributed by atoms with E-state index in [1.807, 2.05) is 55.5 Å². The SMILES string of the molecule is Cc1cccc(C#N)c1C=CCNC(=O)OCC1c2ccccc2-c2ccccc21. The van der Waals surface area contributed by atoms with Gasteiger partial charge in [0.05, 0.1) is 11.6 Å². The molecule has 1 aliphatic rings. The molecule has 1 N–H and O–H groups in total. The molecule has 0 saturated carbocycles. The Morgan fingerprint density at radius 1 is 1.03 bits per heavy atom. The second-order valence-electron chi connectivity index (χ2n) is 7.26. The Bertz CT molecular complexity index is 1110. The van der Waals surface area contributed by atoms with Gasteiger partial charge in [-0.3, -0.25) is 0 Å². The van der Waals surface area contributed by atoms with E-state index in [1.54, 1.807) is 6.07 Å². The van der Waals surface area contributed by atoms with Crippen LogP contribution in [0, 0.1) is 18.3 Å². The highest BCUT2D eigenvalue weighted by molar-refractivity contribution is 5.79. The fourth-order valence-electron chi connectivity index (χ4n) is 3.97. The van der Waals surface area contributed by atoms with Crippen molar-refractivity contribution < 1.29 is 9.53 Å². The lowest BCUT2D eigenvalue weighted by atomic mass is 9.98. The van der Waals surface area contributed by atoms with Crippen LogP contribution in [0.1, 0.15) is 33.7 Å². The summed E-state index contributed by atoms with van der Waals surface area (Å²) in [5.41, 5.74) is 7.30. The van der Waals surface area contributed by atoms with Crippen molar-refractivity contribution in [2.24, 2.45) is 0 Å². The second kappa shape index (κ2) is 8.67. The van der Waals surface area contributed by atoms with Gasteiger partial charge in [-0.25, -0.2) is 4.79 Å². The van der Waals surface area contributed by atoms with Crippen molar-refractivity contribution in [1.82, 2.24) is 5.32 Å². The normalized spacial score (nSPS) is 12.3. The first-order valence-corrected chi connectivity index (χ1v) is 9.94. The van der Waals surface area contributed by atoms with Crippen LogP contribution in [0.3, 0.4) is 0 Å². The molecular weight excluding hydrogens is 372 g/mol. The molecule has 4 rings (SSSR count). The topological polar surface area (TPSA) is 62.1 Å². The molecule has 148 valence electrons. The number of aryl methyl sites for hydroxylation is 1. The van der Waals surface area contributed by atoms with Crippen LogP contribution in [0.4, 0.5) is 4.79 Å². The minimum atomic E-state index is -0.452. The third-order valence-corrected chi connectivity index (χ3v) is 5.44. The van der Waals surface area contributed by atoms with Crippen LogP contribution in [0.25, 0.3) is 17.2 Å². The molecule has 1 amide bonds. The average Bonchev–Trinajstić information content (AvgIpc) is 3.10. The molecule has 0 unspecified atom stereocenters. The van der Waals surface area contributed by atoms with Gasteiger partial charge in [-0.2, -0.15) is 5.26 Å². The second-order valence-corrected chi connectivity index (χ2v) is 7.26. The third kappa shape index (κ3) is 3.83. The molecular formula is C26H22N2O2. The van der Waals surface area contributed by atoms with Crippen LogP contribution < -0.4 is 5.32 Å². The number of nitrogens with one attached hydrogen (secondary N) is 1. The first kappa shape index (κ1) is 19.5. The molecule has 3 aromatic rings. The number of fused-ring (bicyclic) bond motifs is 3. The van der Waals surface area contributed by atoms with E-state index in [9.17, 15) is 10.1 Å². The van der Waals surface area contributed by atoms with Crippen molar-refractivity contribution >= 4 is 12.2 Å². The highest BCUT2D eigenvalue weighted by atomic mass is 16.5. The first-order chi connectivity index (χ1) is 14.7. The van der Waals surface area contributed by atoms with Gasteiger partial charge < -0.3 is 10.1 Å². The summed E-state index contributed by atoms with van der Waals surface area (Å²) in [6.07, 6.45) is 3.23. The molecule has 0 spiro atoms. The molecule has 0 atom stereocenters. The standard InChI is InChI=1S/C26H22N2O2/c1-18-8-6-9-19(16-27)20(18)14-7-15-28-26(29)30-17-25-23-12-4-2-10-21(23)22-11-3-5-13-24(22)25/h2-14,25H,15,17H2,1H3,(H,28,29). The molecule has 4 heteroatoms. The van der Waals surface area contributed by atoms with Gasteiger partial charge in [0.15, 0.2) is 0 Å².